The van der Waals surface area contributed by atoms with Gasteiger partial charge in [-0.1, -0.05) is 6.07 Å². The van der Waals surface area contributed by atoms with Crippen LogP contribution in [0.5, 0.6) is 0 Å². The van der Waals surface area contributed by atoms with Gasteiger partial charge in [-0.15, -0.1) is 0 Å². The summed E-state index contributed by atoms with van der Waals surface area (Å²) in [5, 5.41) is 8.78. The Labute approximate surface area is 67.9 Å². The van der Waals surface area contributed by atoms with Crippen molar-refractivity contribution in [2.45, 2.75) is 6.61 Å². The number of imidazole rings is 1. The number of hydrogen-bond acceptors (Lipinski definition) is 2. The van der Waals surface area contributed by atoms with E-state index in [0.717, 1.165) is 5.56 Å². The van der Waals surface area contributed by atoms with Gasteiger partial charge in [0.2, 0.25) is 0 Å². The molecular formula is C8H7FN2O. The quantitative estimate of drug-likeness (QED) is 0.668. The first kappa shape index (κ1) is 7.24. The molecule has 0 aliphatic carbocycles. The van der Waals surface area contributed by atoms with Crippen molar-refractivity contribution >= 4 is 11.0 Å². The molecule has 0 aliphatic rings. The number of nitrogens with zero attached hydrogens (tertiary/aromatic N) is 1. The van der Waals surface area contributed by atoms with Crippen LogP contribution in [0.15, 0.2) is 18.2 Å². The molecule has 0 aliphatic heterocycles. The minimum atomic E-state index is -0.597. The third-order valence-electron chi connectivity index (χ3n) is 1.70. The van der Waals surface area contributed by atoms with E-state index in [4.69, 9.17) is 5.11 Å². The van der Waals surface area contributed by atoms with Crippen molar-refractivity contribution in [2.24, 2.45) is 0 Å². The summed E-state index contributed by atoms with van der Waals surface area (Å²) in [6.07, 6.45) is -0.597. The van der Waals surface area contributed by atoms with Gasteiger partial charge < -0.3 is 10.1 Å². The first-order chi connectivity index (χ1) is 5.79. The molecule has 2 rings (SSSR count). The van der Waals surface area contributed by atoms with Crippen LogP contribution in [0.3, 0.4) is 0 Å². The molecule has 0 fully saturated rings. The zero-order chi connectivity index (χ0) is 8.55. The number of hydrogen-bond donors (Lipinski definition) is 2. The van der Waals surface area contributed by atoms with E-state index in [2.05, 4.69) is 9.97 Å². The van der Waals surface area contributed by atoms with Crippen LogP contribution in [0.2, 0.25) is 0 Å². The fourth-order valence-electron chi connectivity index (χ4n) is 1.12. The third kappa shape index (κ3) is 1.06. The Morgan fingerprint density at radius 1 is 1.50 bits per heavy atom. The zero-order valence-electron chi connectivity index (χ0n) is 6.21. The highest BCUT2D eigenvalue weighted by Crippen LogP contribution is 2.12. The Balaban J connectivity index is 2.66. The summed E-state index contributed by atoms with van der Waals surface area (Å²) in [6, 6.07) is 5.05. The van der Waals surface area contributed by atoms with Crippen LogP contribution in [0.25, 0.3) is 11.0 Å². The molecule has 12 heavy (non-hydrogen) atoms. The van der Waals surface area contributed by atoms with Crippen LogP contribution in [0, 0.1) is 6.08 Å². The number of aromatic amines is 1. The summed E-state index contributed by atoms with van der Waals surface area (Å²) in [7, 11) is 0. The van der Waals surface area contributed by atoms with E-state index in [9.17, 15) is 4.39 Å². The number of nitrogens with one attached hydrogen (secondary N) is 1. The summed E-state index contributed by atoms with van der Waals surface area (Å²) in [4.78, 5) is 6.03. The molecule has 0 radical (unpaired) electrons. The van der Waals surface area contributed by atoms with Gasteiger partial charge in [0.25, 0.3) is 6.08 Å². The summed E-state index contributed by atoms with van der Waals surface area (Å²) < 4.78 is 12.5. The number of rotatable bonds is 1. The van der Waals surface area contributed by atoms with Gasteiger partial charge in [-0.25, -0.2) is 4.98 Å². The lowest BCUT2D eigenvalue weighted by Gasteiger charge is -1.93. The van der Waals surface area contributed by atoms with Gasteiger partial charge in [-0.3, -0.25) is 0 Å². The second-order valence-electron chi connectivity index (χ2n) is 2.54. The molecule has 0 amide bonds. The first-order valence-corrected chi connectivity index (χ1v) is 3.54. The Morgan fingerprint density at radius 2 is 2.33 bits per heavy atom. The average Bonchev–Trinajstić information content (AvgIpc) is 2.43. The van der Waals surface area contributed by atoms with Gasteiger partial charge in [0, 0.05) is 0 Å². The van der Waals surface area contributed by atoms with E-state index >= 15 is 0 Å². The Bertz CT molecular complexity index is 410. The van der Waals surface area contributed by atoms with Gasteiger partial charge >= 0.3 is 0 Å². The fourth-order valence-corrected chi connectivity index (χ4v) is 1.12. The lowest BCUT2D eigenvalue weighted by molar-refractivity contribution is 0.282. The second kappa shape index (κ2) is 2.57. The molecule has 3 nitrogen and oxygen atoms in total. The molecule has 1 aromatic carbocycles. The molecule has 2 aromatic rings. The highest BCUT2D eigenvalue weighted by molar-refractivity contribution is 5.75. The summed E-state index contributed by atoms with van der Waals surface area (Å²) in [6.45, 7) is -0.0451. The van der Waals surface area contributed by atoms with Crippen LogP contribution in [-0.4, -0.2) is 15.1 Å². The summed E-state index contributed by atoms with van der Waals surface area (Å²) >= 11 is 0. The molecule has 0 spiro atoms. The standard InChI is InChI=1S/C8H7FN2O/c9-8-10-6-2-1-5(4-12)3-7(6)11-8/h1-3,12H,4H2,(H,10,11). The van der Waals surface area contributed by atoms with Crippen molar-refractivity contribution in [3.05, 3.63) is 29.8 Å². The minimum absolute atomic E-state index is 0.0451. The lowest BCUT2D eigenvalue weighted by atomic mass is 10.2. The average molecular weight is 166 g/mol. The van der Waals surface area contributed by atoms with Crippen molar-refractivity contribution < 1.29 is 9.50 Å². The van der Waals surface area contributed by atoms with Gasteiger partial charge in [-0.2, -0.15) is 4.39 Å². The van der Waals surface area contributed by atoms with Gasteiger partial charge in [0.15, 0.2) is 0 Å². The van der Waals surface area contributed by atoms with Crippen LogP contribution in [0.4, 0.5) is 4.39 Å². The highest BCUT2D eigenvalue weighted by atomic mass is 19.1. The number of halogens is 1. The smallest absolute Gasteiger partial charge is 0.287 e. The predicted molar refractivity (Wildman–Crippen MR) is 42.0 cm³/mol. The van der Waals surface area contributed by atoms with Gasteiger partial charge in [0.05, 0.1) is 17.6 Å². The summed E-state index contributed by atoms with van der Waals surface area (Å²) in [5.74, 6) is 0. The molecule has 0 atom stereocenters. The molecule has 0 bridgehead atoms. The van der Waals surface area contributed by atoms with E-state index in [-0.39, 0.29) is 6.61 Å². The van der Waals surface area contributed by atoms with Crippen molar-refractivity contribution in [3.63, 3.8) is 0 Å². The van der Waals surface area contributed by atoms with Crippen LogP contribution < -0.4 is 0 Å². The normalized spacial score (nSPS) is 10.8. The molecule has 0 unspecified atom stereocenters. The maximum atomic E-state index is 12.5. The molecule has 1 aromatic heterocycles. The third-order valence-corrected chi connectivity index (χ3v) is 1.70. The maximum Gasteiger partial charge on any atom is 0.287 e. The van der Waals surface area contributed by atoms with Crippen molar-refractivity contribution in [1.29, 1.82) is 0 Å². The zero-order valence-corrected chi connectivity index (χ0v) is 6.21. The molecule has 4 heteroatoms. The molecule has 1 heterocycles. The number of fused-ring (bicyclic) bond motifs is 1. The first-order valence-electron chi connectivity index (χ1n) is 3.54. The largest absolute Gasteiger partial charge is 0.392 e. The fraction of sp³-hybridized carbons (Fsp3) is 0.125. The number of aliphatic hydroxyl groups excluding tert-OH is 1. The number of benzene rings is 1. The molecular weight excluding hydrogens is 159 g/mol. The monoisotopic (exact) mass is 166 g/mol. The Hall–Kier alpha value is -1.42. The van der Waals surface area contributed by atoms with E-state index in [1.54, 1.807) is 18.2 Å². The van der Waals surface area contributed by atoms with Crippen LogP contribution >= 0.6 is 0 Å². The van der Waals surface area contributed by atoms with Gasteiger partial charge in [0.1, 0.15) is 0 Å². The molecule has 2 N–H and O–H groups in total. The summed E-state index contributed by atoms with van der Waals surface area (Å²) in [5.41, 5.74) is 1.93. The number of aromatic nitrogens is 2. The van der Waals surface area contributed by atoms with Gasteiger partial charge in [-0.05, 0) is 17.7 Å². The van der Waals surface area contributed by atoms with Crippen LogP contribution in [-0.2, 0) is 6.61 Å². The van der Waals surface area contributed by atoms with E-state index < -0.39 is 6.08 Å². The number of H-pyrrole nitrogens is 1. The predicted octanol–water partition coefficient (Wildman–Crippen LogP) is 1.19. The molecule has 62 valence electrons. The topological polar surface area (TPSA) is 48.9 Å². The Morgan fingerprint density at radius 3 is 3.08 bits per heavy atom. The van der Waals surface area contributed by atoms with Crippen molar-refractivity contribution in [2.75, 3.05) is 0 Å². The highest BCUT2D eigenvalue weighted by Gasteiger charge is 2.01. The molecule has 0 saturated carbocycles. The SMILES string of the molecule is OCc1ccc2nc(F)[nH]c2c1. The van der Waals surface area contributed by atoms with Crippen molar-refractivity contribution in [3.8, 4) is 0 Å². The van der Waals surface area contributed by atoms with Crippen molar-refractivity contribution in [1.82, 2.24) is 9.97 Å². The minimum Gasteiger partial charge on any atom is -0.392 e. The second-order valence-corrected chi connectivity index (χ2v) is 2.54. The number of aliphatic hydroxyl groups is 1. The van der Waals surface area contributed by atoms with E-state index in [0.29, 0.717) is 11.0 Å². The van der Waals surface area contributed by atoms with Crippen LogP contribution in [0.1, 0.15) is 5.56 Å². The lowest BCUT2D eigenvalue weighted by Crippen LogP contribution is -1.81. The van der Waals surface area contributed by atoms with E-state index in [1.807, 2.05) is 0 Å². The molecule has 0 saturated heterocycles. The van der Waals surface area contributed by atoms with E-state index in [1.165, 1.54) is 0 Å². The Kier molecular flexibility index (Phi) is 1.55. The maximum absolute atomic E-state index is 12.5.